The second-order valence-electron chi connectivity index (χ2n) is 5.68. The first-order valence-corrected chi connectivity index (χ1v) is 8.41. The molecule has 2 rings (SSSR count). The zero-order chi connectivity index (χ0) is 16.7. The Kier molecular flexibility index (Phi) is 6.92. The fraction of sp³-hybridized carbons (Fsp3) is 0.588. The van der Waals surface area contributed by atoms with E-state index in [-0.39, 0.29) is 12.1 Å². The van der Waals surface area contributed by atoms with Gasteiger partial charge in [0.2, 0.25) is 0 Å². The van der Waals surface area contributed by atoms with E-state index in [1.54, 1.807) is 14.2 Å². The quantitative estimate of drug-likeness (QED) is 0.744. The average molecular weight is 338 g/mol. The molecule has 23 heavy (non-hydrogen) atoms. The summed E-state index contributed by atoms with van der Waals surface area (Å²) in [7, 11) is 3.28. The van der Waals surface area contributed by atoms with Gasteiger partial charge in [-0.3, -0.25) is 0 Å². The molecule has 0 unspecified atom stereocenters. The Morgan fingerprint density at radius 3 is 2.78 bits per heavy atom. The average Bonchev–Trinajstić information content (AvgIpc) is 3.09. The van der Waals surface area contributed by atoms with E-state index in [9.17, 15) is 0 Å². The molecule has 0 bridgehead atoms. The summed E-state index contributed by atoms with van der Waals surface area (Å²) in [5.41, 5.74) is 1.17. The molecule has 0 saturated carbocycles. The fourth-order valence-corrected chi connectivity index (χ4v) is 2.99. The van der Waals surface area contributed by atoms with Crippen molar-refractivity contribution in [2.45, 2.75) is 38.3 Å². The minimum Gasteiger partial charge on any atom is -0.493 e. The molecule has 1 aromatic carbocycles. The van der Waals surface area contributed by atoms with Gasteiger partial charge in [-0.1, -0.05) is 6.07 Å². The van der Waals surface area contributed by atoms with Crippen LogP contribution in [0.15, 0.2) is 18.2 Å². The summed E-state index contributed by atoms with van der Waals surface area (Å²) >= 11 is 5.35. The summed E-state index contributed by atoms with van der Waals surface area (Å²) < 4.78 is 16.2. The molecule has 0 radical (unpaired) electrons. The smallest absolute Gasteiger partial charge is 0.166 e. The minimum atomic E-state index is 0.235. The topological polar surface area (TPSA) is 51.8 Å². The molecule has 128 valence electrons. The van der Waals surface area contributed by atoms with Crippen LogP contribution >= 0.6 is 12.2 Å². The van der Waals surface area contributed by atoms with Crippen LogP contribution in [0.1, 0.15) is 25.3 Å². The van der Waals surface area contributed by atoms with Crippen molar-refractivity contribution in [2.75, 3.05) is 27.4 Å². The lowest BCUT2D eigenvalue weighted by atomic mass is 10.1. The molecule has 6 heteroatoms. The van der Waals surface area contributed by atoms with Crippen molar-refractivity contribution < 1.29 is 14.2 Å². The molecule has 0 spiro atoms. The van der Waals surface area contributed by atoms with Crippen molar-refractivity contribution in [3.8, 4) is 11.5 Å². The molecular formula is C17H26N2O3S. The van der Waals surface area contributed by atoms with Crippen LogP contribution in [0.2, 0.25) is 0 Å². The van der Waals surface area contributed by atoms with Crippen molar-refractivity contribution in [3.05, 3.63) is 23.8 Å². The van der Waals surface area contributed by atoms with E-state index in [4.69, 9.17) is 26.4 Å². The van der Waals surface area contributed by atoms with Gasteiger partial charge in [0, 0.05) is 13.2 Å². The standard InChI is InChI=1S/C17H26N2O3S/c1-12(14-5-4-10-22-14)19-17(23)18-9-8-13-6-7-15(20-2)16(11-13)21-3/h6-7,11-12,14H,4-5,8-10H2,1-3H3,(H2,18,19,23)/t12-,14+/m1/s1. The van der Waals surface area contributed by atoms with Crippen LogP contribution in [0.25, 0.3) is 0 Å². The van der Waals surface area contributed by atoms with Crippen LogP contribution in [0.4, 0.5) is 0 Å². The number of hydrogen-bond acceptors (Lipinski definition) is 4. The second-order valence-corrected chi connectivity index (χ2v) is 6.09. The van der Waals surface area contributed by atoms with Gasteiger partial charge in [-0.25, -0.2) is 0 Å². The number of nitrogens with one attached hydrogen (secondary N) is 2. The Hall–Kier alpha value is -1.53. The van der Waals surface area contributed by atoms with Gasteiger partial charge in [0.25, 0.3) is 0 Å². The SMILES string of the molecule is COc1ccc(CCNC(=S)N[C@H](C)[C@@H]2CCCO2)cc1OC. The van der Waals surface area contributed by atoms with Crippen molar-refractivity contribution in [3.63, 3.8) is 0 Å². The fourth-order valence-electron chi connectivity index (χ4n) is 2.70. The molecule has 2 N–H and O–H groups in total. The molecule has 1 fully saturated rings. The Balaban J connectivity index is 1.74. The van der Waals surface area contributed by atoms with E-state index in [0.717, 1.165) is 43.9 Å². The largest absolute Gasteiger partial charge is 0.493 e. The van der Waals surface area contributed by atoms with E-state index < -0.39 is 0 Å². The van der Waals surface area contributed by atoms with E-state index in [2.05, 4.69) is 17.6 Å². The zero-order valence-corrected chi connectivity index (χ0v) is 14.9. The lowest BCUT2D eigenvalue weighted by Gasteiger charge is -2.22. The van der Waals surface area contributed by atoms with Gasteiger partial charge in [0.15, 0.2) is 16.6 Å². The number of hydrogen-bond donors (Lipinski definition) is 2. The van der Waals surface area contributed by atoms with Crippen LogP contribution in [-0.2, 0) is 11.2 Å². The number of thiocarbonyl (C=S) groups is 1. The number of ether oxygens (including phenoxy) is 3. The van der Waals surface area contributed by atoms with E-state index >= 15 is 0 Å². The highest BCUT2D eigenvalue weighted by Gasteiger charge is 2.22. The second kappa shape index (κ2) is 8.93. The van der Waals surface area contributed by atoms with Crippen LogP contribution < -0.4 is 20.1 Å². The Morgan fingerprint density at radius 2 is 2.13 bits per heavy atom. The number of rotatable bonds is 7. The molecule has 1 saturated heterocycles. The lowest BCUT2D eigenvalue weighted by Crippen LogP contribution is -2.46. The highest BCUT2D eigenvalue weighted by molar-refractivity contribution is 7.80. The molecule has 1 aromatic rings. The van der Waals surface area contributed by atoms with Gasteiger partial charge in [0.1, 0.15) is 0 Å². The molecule has 0 aliphatic carbocycles. The normalized spacial score (nSPS) is 18.3. The summed E-state index contributed by atoms with van der Waals surface area (Å²) in [5.74, 6) is 1.49. The summed E-state index contributed by atoms with van der Waals surface area (Å²) in [4.78, 5) is 0. The van der Waals surface area contributed by atoms with Crippen LogP contribution in [0.5, 0.6) is 11.5 Å². The third kappa shape index (κ3) is 5.25. The highest BCUT2D eigenvalue weighted by atomic mass is 32.1. The van der Waals surface area contributed by atoms with Gasteiger partial charge in [-0.2, -0.15) is 0 Å². The lowest BCUT2D eigenvalue weighted by molar-refractivity contribution is 0.0893. The molecular weight excluding hydrogens is 312 g/mol. The maximum absolute atomic E-state index is 5.66. The molecule has 1 heterocycles. The number of methoxy groups -OCH3 is 2. The van der Waals surface area contributed by atoms with Gasteiger partial charge < -0.3 is 24.8 Å². The molecule has 1 aliphatic rings. The van der Waals surface area contributed by atoms with Crippen molar-refractivity contribution >= 4 is 17.3 Å². The number of benzene rings is 1. The third-order valence-electron chi connectivity index (χ3n) is 4.03. The first-order chi connectivity index (χ1) is 11.1. The summed E-state index contributed by atoms with van der Waals surface area (Å²) in [6.45, 7) is 3.73. The molecule has 0 amide bonds. The molecule has 5 nitrogen and oxygen atoms in total. The first-order valence-electron chi connectivity index (χ1n) is 8.01. The molecule has 1 aliphatic heterocycles. The zero-order valence-electron chi connectivity index (χ0n) is 14.1. The van der Waals surface area contributed by atoms with Gasteiger partial charge in [-0.15, -0.1) is 0 Å². The Bertz CT molecular complexity index is 519. The third-order valence-corrected chi connectivity index (χ3v) is 4.29. The van der Waals surface area contributed by atoms with E-state index in [1.807, 2.05) is 18.2 Å². The predicted molar refractivity (Wildman–Crippen MR) is 95.4 cm³/mol. The molecule has 0 aromatic heterocycles. The van der Waals surface area contributed by atoms with Crippen LogP contribution in [0, 0.1) is 0 Å². The summed E-state index contributed by atoms with van der Waals surface area (Å²) in [6, 6.07) is 6.18. The highest BCUT2D eigenvalue weighted by Crippen LogP contribution is 2.27. The van der Waals surface area contributed by atoms with Gasteiger partial charge >= 0.3 is 0 Å². The summed E-state index contributed by atoms with van der Waals surface area (Å²) in [6.07, 6.45) is 3.36. The van der Waals surface area contributed by atoms with E-state index in [0.29, 0.717) is 5.11 Å². The van der Waals surface area contributed by atoms with Gasteiger partial charge in [-0.05, 0) is 56.1 Å². The van der Waals surface area contributed by atoms with E-state index in [1.165, 1.54) is 5.56 Å². The minimum absolute atomic E-state index is 0.235. The van der Waals surface area contributed by atoms with Crippen molar-refractivity contribution in [1.82, 2.24) is 10.6 Å². The maximum Gasteiger partial charge on any atom is 0.166 e. The maximum atomic E-state index is 5.66. The predicted octanol–water partition coefficient (Wildman–Crippen LogP) is 2.28. The van der Waals surface area contributed by atoms with Crippen LogP contribution in [0.3, 0.4) is 0 Å². The first kappa shape index (κ1) is 17.8. The van der Waals surface area contributed by atoms with Crippen molar-refractivity contribution in [1.29, 1.82) is 0 Å². The monoisotopic (exact) mass is 338 g/mol. The van der Waals surface area contributed by atoms with Crippen LogP contribution in [-0.4, -0.2) is 44.6 Å². The Morgan fingerprint density at radius 1 is 1.35 bits per heavy atom. The summed E-state index contributed by atoms with van der Waals surface area (Å²) in [5, 5.41) is 7.22. The Labute approximate surface area is 143 Å². The van der Waals surface area contributed by atoms with Gasteiger partial charge in [0.05, 0.1) is 26.4 Å². The van der Waals surface area contributed by atoms with Crippen molar-refractivity contribution in [2.24, 2.45) is 0 Å². The molecule has 2 atom stereocenters.